The minimum atomic E-state index is -4.00. The number of carbonyl (C=O) groups is 1. The number of hydrogen-bond acceptors (Lipinski definition) is 5. The van der Waals surface area contributed by atoms with Crippen LogP contribution in [0.3, 0.4) is 0 Å². The number of rotatable bonds is 8. The lowest BCUT2D eigenvalue weighted by atomic mass is 10.1. The van der Waals surface area contributed by atoms with Crippen LogP contribution in [0.25, 0.3) is 0 Å². The highest BCUT2D eigenvalue weighted by Crippen LogP contribution is 2.25. The molecule has 0 saturated heterocycles. The lowest BCUT2D eigenvalue weighted by Gasteiger charge is -2.25. The van der Waals surface area contributed by atoms with Crippen molar-refractivity contribution in [1.82, 2.24) is 5.32 Å². The second-order valence-electron chi connectivity index (χ2n) is 8.29. The normalized spacial score (nSPS) is 12.7. The molecule has 3 aromatic carbocycles. The highest BCUT2D eigenvalue weighted by atomic mass is 32.2. The van der Waals surface area contributed by atoms with Crippen molar-refractivity contribution >= 4 is 31.5 Å². The lowest BCUT2D eigenvalue weighted by molar-refractivity contribution is -0.120. The van der Waals surface area contributed by atoms with Crippen LogP contribution in [-0.2, 0) is 24.7 Å². The van der Waals surface area contributed by atoms with E-state index >= 15 is 0 Å². The average molecular weight is 501 g/mol. The van der Waals surface area contributed by atoms with Crippen molar-refractivity contribution in [2.75, 3.05) is 17.1 Å². The van der Waals surface area contributed by atoms with Crippen LogP contribution < -0.4 is 9.62 Å². The number of carbonyl (C=O) groups excluding carboxylic acids is 1. The summed E-state index contributed by atoms with van der Waals surface area (Å²) in [6, 6.07) is 19.1. The maximum absolute atomic E-state index is 13.4. The molecule has 1 atom stereocenters. The quantitative estimate of drug-likeness (QED) is 0.507. The summed E-state index contributed by atoms with van der Waals surface area (Å²) < 4.78 is 51.3. The smallest absolute Gasteiger partial charge is 0.264 e. The molecule has 0 saturated carbocycles. The van der Waals surface area contributed by atoms with Gasteiger partial charge in [0, 0.05) is 6.26 Å². The summed E-state index contributed by atoms with van der Waals surface area (Å²) in [5.74, 6) is -0.490. The third-order valence-electron chi connectivity index (χ3n) is 5.40. The first-order valence-corrected chi connectivity index (χ1v) is 14.0. The molecule has 180 valence electrons. The van der Waals surface area contributed by atoms with Crippen molar-refractivity contribution in [3.8, 4) is 0 Å². The van der Waals surface area contributed by atoms with Gasteiger partial charge in [0.25, 0.3) is 10.0 Å². The number of nitrogens with zero attached hydrogens (tertiary/aromatic N) is 1. The molecule has 3 aromatic rings. The topological polar surface area (TPSA) is 101 Å². The number of sulfonamides is 1. The first-order valence-electron chi connectivity index (χ1n) is 10.6. The molecule has 1 amide bonds. The summed E-state index contributed by atoms with van der Waals surface area (Å²) in [5, 5.41) is 2.80. The maximum atomic E-state index is 13.4. The van der Waals surface area contributed by atoms with Crippen LogP contribution in [0.4, 0.5) is 5.69 Å². The van der Waals surface area contributed by atoms with Gasteiger partial charge in [-0.25, -0.2) is 16.8 Å². The minimum Gasteiger partial charge on any atom is -0.348 e. The predicted molar refractivity (Wildman–Crippen MR) is 133 cm³/mol. The Labute approximate surface area is 201 Å². The lowest BCUT2D eigenvalue weighted by Crippen LogP contribution is -2.41. The summed E-state index contributed by atoms with van der Waals surface area (Å²) in [4.78, 5) is 13.2. The van der Waals surface area contributed by atoms with Gasteiger partial charge in [0.2, 0.25) is 5.91 Å². The number of benzene rings is 3. The fourth-order valence-corrected chi connectivity index (χ4v) is 5.42. The van der Waals surface area contributed by atoms with Gasteiger partial charge in [0.05, 0.1) is 21.5 Å². The summed E-state index contributed by atoms with van der Waals surface area (Å²) >= 11 is 0. The number of anilines is 1. The Morgan fingerprint density at radius 3 is 1.76 bits per heavy atom. The molecular formula is C25H28N2O5S2. The zero-order valence-electron chi connectivity index (χ0n) is 19.5. The molecule has 1 N–H and O–H groups in total. The zero-order chi connectivity index (χ0) is 25.1. The van der Waals surface area contributed by atoms with E-state index < -0.39 is 38.4 Å². The molecule has 0 fully saturated rings. The summed E-state index contributed by atoms with van der Waals surface area (Å²) in [7, 11) is -7.32. The molecule has 0 aliphatic carbocycles. The number of hydrogen-bond donors (Lipinski definition) is 1. The molecule has 34 heavy (non-hydrogen) atoms. The van der Waals surface area contributed by atoms with Crippen molar-refractivity contribution in [2.24, 2.45) is 0 Å². The van der Waals surface area contributed by atoms with E-state index in [4.69, 9.17) is 0 Å². The third kappa shape index (κ3) is 6.03. The van der Waals surface area contributed by atoms with Crippen molar-refractivity contribution in [2.45, 2.75) is 36.6 Å². The van der Waals surface area contributed by atoms with Gasteiger partial charge in [0.1, 0.15) is 6.54 Å². The van der Waals surface area contributed by atoms with E-state index in [1.165, 1.54) is 24.3 Å². The standard InChI is InChI=1S/C25H28N2O5S2/c1-18-5-11-22(12-6-18)27(34(31,32)24-13-7-19(2)8-14-24)17-25(28)26-20(3)21-9-15-23(16-10-21)33(4,29)30/h5-16,20H,17H2,1-4H3,(H,26,28)/t20-/m0/s1. The highest BCUT2D eigenvalue weighted by Gasteiger charge is 2.27. The Morgan fingerprint density at radius 2 is 1.26 bits per heavy atom. The fourth-order valence-electron chi connectivity index (χ4n) is 3.37. The largest absolute Gasteiger partial charge is 0.348 e. The van der Waals surface area contributed by atoms with Gasteiger partial charge in [0.15, 0.2) is 9.84 Å². The van der Waals surface area contributed by atoms with Gasteiger partial charge in [-0.05, 0) is 62.7 Å². The van der Waals surface area contributed by atoms with Gasteiger partial charge in [-0.3, -0.25) is 9.10 Å². The summed E-state index contributed by atoms with van der Waals surface area (Å²) in [6.07, 6.45) is 1.13. The van der Waals surface area contributed by atoms with Gasteiger partial charge < -0.3 is 5.32 Å². The number of nitrogens with one attached hydrogen (secondary N) is 1. The molecule has 3 rings (SSSR count). The second-order valence-corrected chi connectivity index (χ2v) is 12.2. The fraction of sp³-hybridized carbons (Fsp3) is 0.240. The van der Waals surface area contributed by atoms with Crippen LogP contribution in [0.5, 0.6) is 0 Å². The second kappa shape index (κ2) is 9.99. The molecule has 0 aromatic heterocycles. The van der Waals surface area contributed by atoms with Crippen molar-refractivity contribution in [3.05, 3.63) is 89.5 Å². The van der Waals surface area contributed by atoms with E-state index in [0.717, 1.165) is 21.7 Å². The number of aryl methyl sites for hydroxylation is 2. The van der Waals surface area contributed by atoms with Crippen LogP contribution in [0.1, 0.15) is 29.7 Å². The molecule has 0 unspecified atom stereocenters. The van der Waals surface area contributed by atoms with Crippen molar-refractivity contribution < 1.29 is 21.6 Å². The first kappa shape index (κ1) is 25.5. The molecule has 9 heteroatoms. The maximum Gasteiger partial charge on any atom is 0.264 e. The van der Waals surface area contributed by atoms with Gasteiger partial charge in [-0.1, -0.05) is 47.5 Å². The van der Waals surface area contributed by atoms with E-state index in [0.29, 0.717) is 11.3 Å². The van der Waals surface area contributed by atoms with Crippen LogP contribution >= 0.6 is 0 Å². The third-order valence-corrected chi connectivity index (χ3v) is 8.32. The van der Waals surface area contributed by atoms with E-state index in [9.17, 15) is 21.6 Å². The van der Waals surface area contributed by atoms with Crippen LogP contribution in [0.2, 0.25) is 0 Å². The monoisotopic (exact) mass is 500 g/mol. The molecule has 0 aliphatic rings. The van der Waals surface area contributed by atoms with Crippen LogP contribution in [0, 0.1) is 13.8 Å². The van der Waals surface area contributed by atoms with E-state index in [2.05, 4.69) is 5.32 Å². The Bertz CT molecular complexity index is 1360. The Balaban J connectivity index is 1.85. The molecule has 0 heterocycles. The van der Waals surface area contributed by atoms with Crippen LogP contribution in [-0.4, -0.2) is 35.5 Å². The van der Waals surface area contributed by atoms with Gasteiger partial charge in [-0.2, -0.15) is 0 Å². The number of amides is 1. The van der Waals surface area contributed by atoms with Crippen LogP contribution in [0.15, 0.2) is 82.6 Å². The molecule has 0 aliphatic heterocycles. The Morgan fingerprint density at radius 1 is 0.794 bits per heavy atom. The Hall–Kier alpha value is -3.17. The van der Waals surface area contributed by atoms with Crippen molar-refractivity contribution in [1.29, 1.82) is 0 Å². The first-order chi connectivity index (χ1) is 15.9. The van der Waals surface area contributed by atoms with E-state index in [-0.39, 0.29) is 9.79 Å². The van der Waals surface area contributed by atoms with Crippen molar-refractivity contribution in [3.63, 3.8) is 0 Å². The van der Waals surface area contributed by atoms with E-state index in [1.54, 1.807) is 55.5 Å². The van der Waals surface area contributed by atoms with Gasteiger partial charge >= 0.3 is 0 Å². The predicted octanol–water partition coefficient (Wildman–Crippen LogP) is 3.78. The zero-order valence-corrected chi connectivity index (χ0v) is 21.2. The minimum absolute atomic E-state index is 0.0934. The molecule has 0 radical (unpaired) electrons. The Kier molecular flexibility index (Phi) is 7.48. The highest BCUT2D eigenvalue weighted by molar-refractivity contribution is 7.93. The molecule has 0 bridgehead atoms. The average Bonchev–Trinajstić information content (AvgIpc) is 2.78. The summed E-state index contributed by atoms with van der Waals surface area (Å²) in [5.41, 5.74) is 2.97. The van der Waals surface area contributed by atoms with Gasteiger partial charge in [-0.15, -0.1) is 0 Å². The molecule has 7 nitrogen and oxygen atoms in total. The number of sulfone groups is 1. The molecular weight excluding hydrogens is 472 g/mol. The summed E-state index contributed by atoms with van der Waals surface area (Å²) in [6.45, 7) is 5.10. The molecule has 0 spiro atoms. The SMILES string of the molecule is Cc1ccc(N(CC(=O)N[C@@H](C)c2ccc(S(C)(=O)=O)cc2)S(=O)(=O)c2ccc(C)cc2)cc1. The van der Waals surface area contributed by atoms with E-state index in [1.807, 2.05) is 13.8 Å².